The number of thioether (sulfide) groups is 1. The number of nitriles is 1. The van der Waals surface area contributed by atoms with Gasteiger partial charge in [-0.15, -0.1) is 10.2 Å². The number of carbonyl (C=O) groups excluding carboxylic acids is 2. The SMILES string of the molecule is CCc1ccc(C2C(C#N)=C(N)N(c3nnc(SCC(=O)NCCc4ccccc4)s3)C3=C2C(=O)CCC3)cc1. The third kappa shape index (κ3) is 5.81. The molecule has 0 bridgehead atoms. The summed E-state index contributed by atoms with van der Waals surface area (Å²) in [7, 11) is 0. The van der Waals surface area contributed by atoms with E-state index < -0.39 is 5.92 Å². The van der Waals surface area contributed by atoms with E-state index in [9.17, 15) is 14.9 Å². The third-order valence-corrected chi connectivity index (χ3v) is 9.17. The summed E-state index contributed by atoms with van der Waals surface area (Å²) in [5.41, 5.74) is 11.6. The summed E-state index contributed by atoms with van der Waals surface area (Å²) in [6.45, 7) is 2.65. The number of nitrogens with two attached hydrogens (primary N) is 1. The minimum atomic E-state index is -0.503. The van der Waals surface area contributed by atoms with Gasteiger partial charge in [-0.2, -0.15) is 5.26 Å². The van der Waals surface area contributed by atoms with Crippen LogP contribution in [0.4, 0.5) is 5.13 Å². The minimum absolute atomic E-state index is 0.0300. The molecule has 1 atom stereocenters. The van der Waals surface area contributed by atoms with Crippen LogP contribution in [0.15, 0.2) is 81.6 Å². The van der Waals surface area contributed by atoms with Gasteiger partial charge in [-0.1, -0.05) is 84.6 Å². The van der Waals surface area contributed by atoms with Crippen LogP contribution >= 0.6 is 23.1 Å². The summed E-state index contributed by atoms with van der Waals surface area (Å²) < 4.78 is 0.612. The molecule has 2 aliphatic rings. The zero-order valence-corrected chi connectivity index (χ0v) is 23.9. The maximum Gasteiger partial charge on any atom is 0.230 e. The van der Waals surface area contributed by atoms with Crippen LogP contribution in [-0.2, 0) is 22.4 Å². The smallest absolute Gasteiger partial charge is 0.230 e. The van der Waals surface area contributed by atoms with Crippen molar-refractivity contribution in [3.63, 3.8) is 0 Å². The number of hydrogen-bond acceptors (Lipinski definition) is 9. The van der Waals surface area contributed by atoms with Gasteiger partial charge in [0.2, 0.25) is 11.0 Å². The van der Waals surface area contributed by atoms with Gasteiger partial charge in [0.05, 0.1) is 23.3 Å². The van der Waals surface area contributed by atoms with Crippen LogP contribution < -0.4 is 16.0 Å². The fraction of sp³-hybridized carbons (Fsp3) is 0.300. The predicted molar refractivity (Wildman–Crippen MR) is 158 cm³/mol. The standard InChI is InChI=1S/C30H30N6O2S2/c1-2-19-11-13-21(14-12-19)26-22(17-31)28(32)36(23-9-6-10-24(37)27(23)26)29-34-35-30(40-29)39-18-25(38)33-16-15-20-7-4-3-5-8-20/h3-5,7-8,11-14,26H,2,6,9-10,15-16,18,32H2,1H3,(H,33,38). The molecule has 1 aliphatic carbocycles. The average Bonchev–Trinajstić information content (AvgIpc) is 3.44. The summed E-state index contributed by atoms with van der Waals surface area (Å²) in [5.74, 6) is -0.0762. The van der Waals surface area contributed by atoms with Crippen molar-refractivity contribution in [3.05, 3.63) is 94.0 Å². The topological polar surface area (TPSA) is 125 Å². The number of aromatic nitrogens is 2. The van der Waals surface area contributed by atoms with Gasteiger partial charge in [-0.3, -0.25) is 14.5 Å². The highest BCUT2D eigenvalue weighted by atomic mass is 32.2. The number of benzene rings is 2. The molecule has 2 aromatic carbocycles. The number of nitrogens with one attached hydrogen (secondary N) is 1. The molecule has 1 unspecified atom stereocenters. The van der Waals surface area contributed by atoms with Gasteiger partial charge in [0.1, 0.15) is 5.82 Å². The molecule has 1 amide bonds. The number of hydrogen-bond donors (Lipinski definition) is 2. The fourth-order valence-corrected chi connectivity index (χ4v) is 6.82. The van der Waals surface area contributed by atoms with Crippen molar-refractivity contribution in [2.75, 3.05) is 17.2 Å². The Balaban J connectivity index is 1.34. The van der Waals surface area contributed by atoms with Crippen LogP contribution in [0.3, 0.4) is 0 Å². The van der Waals surface area contributed by atoms with E-state index in [4.69, 9.17) is 5.73 Å². The Morgan fingerprint density at radius 2 is 1.93 bits per heavy atom. The Hall–Kier alpha value is -3.94. The highest BCUT2D eigenvalue weighted by Gasteiger charge is 2.41. The van der Waals surface area contributed by atoms with E-state index in [1.165, 1.54) is 34.2 Å². The van der Waals surface area contributed by atoms with Crippen molar-refractivity contribution in [2.24, 2.45) is 5.73 Å². The van der Waals surface area contributed by atoms with Gasteiger partial charge in [-0.05, 0) is 42.4 Å². The Morgan fingerprint density at radius 1 is 1.15 bits per heavy atom. The second-order valence-electron chi connectivity index (χ2n) is 9.64. The third-order valence-electron chi connectivity index (χ3n) is 7.13. The van der Waals surface area contributed by atoms with Crippen molar-refractivity contribution in [1.29, 1.82) is 5.26 Å². The van der Waals surface area contributed by atoms with Crippen molar-refractivity contribution >= 4 is 39.9 Å². The molecule has 1 aromatic heterocycles. The van der Waals surface area contributed by atoms with Crippen LogP contribution in [0.1, 0.15) is 48.8 Å². The van der Waals surface area contributed by atoms with E-state index in [1.54, 1.807) is 4.90 Å². The monoisotopic (exact) mass is 570 g/mol. The Kier molecular flexibility index (Phi) is 8.63. The summed E-state index contributed by atoms with van der Waals surface area (Å²) in [6, 6.07) is 20.3. The summed E-state index contributed by atoms with van der Waals surface area (Å²) in [4.78, 5) is 27.4. The molecule has 0 saturated heterocycles. The van der Waals surface area contributed by atoms with Crippen LogP contribution in [-0.4, -0.2) is 34.2 Å². The quantitative estimate of drug-likeness (QED) is 0.350. The van der Waals surface area contributed by atoms with Gasteiger partial charge in [-0.25, -0.2) is 0 Å². The fourth-order valence-electron chi connectivity index (χ4n) is 5.10. The minimum Gasteiger partial charge on any atom is -0.384 e. The molecule has 3 aromatic rings. The largest absolute Gasteiger partial charge is 0.384 e. The predicted octanol–water partition coefficient (Wildman–Crippen LogP) is 4.86. The number of nitrogens with zero attached hydrogens (tertiary/aromatic N) is 4. The summed E-state index contributed by atoms with van der Waals surface area (Å²) in [5, 5.41) is 22.2. The Bertz CT molecular complexity index is 1500. The van der Waals surface area contributed by atoms with E-state index in [1.807, 2.05) is 54.6 Å². The van der Waals surface area contributed by atoms with Crippen molar-refractivity contribution in [3.8, 4) is 6.07 Å². The second-order valence-corrected chi connectivity index (χ2v) is 11.8. The zero-order chi connectivity index (χ0) is 28.1. The first-order valence-electron chi connectivity index (χ1n) is 13.3. The lowest BCUT2D eigenvalue weighted by Crippen LogP contribution is -2.38. The number of ketones is 1. The number of amides is 1. The number of allylic oxidation sites excluding steroid dienone is 3. The first kappa shape index (κ1) is 27.6. The van der Waals surface area contributed by atoms with Crippen molar-refractivity contribution < 1.29 is 9.59 Å². The normalized spacial score (nSPS) is 17.1. The van der Waals surface area contributed by atoms with E-state index in [-0.39, 0.29) is 23.3 Å². The van der Waals surface area contributed by atoms with Gasteiger partial charge in [0, 0.05) is 24.2 Å². The average molecular weight is 571 g/mol. The maximum atomic E-state index is 13.3. The Labute approximate surface area is 242 Å². The molecule has 2 heterocycles. The molecule has 3 N–H and O–H groups in total. The molecule has 204 valence electrons. The second kappa shape index (κ2) is 12.5. The lowest BCUT2D eigenvalue weighted by molar-refractivity contribution is -0.118. The van der Waals surface area contributed by atoms with Crippen LogP contribution in [0, 0.1) is 11.3 Å². The lowest BCUT2D eigenvalue weighted by atomic mass is 9.75. The van der Waals surface area contributed by atoms with E-state index in [2.05, 4.69) is 28.5 Å². The van der Waals surface area contributed by atoms with Crippen molar-refractivity contribution in [2.45, 2.75) is 49.3 Å². The van der Waals surface area contributed by atoms with E-state index >= 15 is 0 Å². The molecule has 0 saturated carbocycles. The van der Waals surface area contributed by atoms with Crippen LogP contribution in [0.2, 0.25) is 0 Å². The number of rotatable bonds is 9. The van der Waals surface area contributed by atoms with Gasteiger partial charge in [0.25, 0.3) is 0 Å². The lowest BCUT2D eigenvalue weighted by Gasteiger charge is -2.38. The number of aryl methyl sites for hydroxylation is 1. The molecule has 0 fully saturated rings. The summed E-state index contributed by atoms with van der Waals surface area (Å²) in [6.07, 6.45) is 3.46. The highest BCUT2D eigenvalue weighted by molar-refractivity contribution is 8.01. The van der Waals surface area contributed by atoms with Gasteiger partial charge >= 0.3 is 0 Å². The molecular weight excluding hydrogens is 541 g/mol. The first-order valence-corrected chi connectivity index (χ1v) is 15.1. The van der Waals surface area contributed by atoms with Gasteiger partial charge in [0.15, 0.2) is 10.1 Å². The molecular formula is C30H30N6O2S2. The number of carbonyl (C=O) groups is 2. The highest BCUT2D eigenvalue weighted by Crippen LogP contribution is 2.47. The van der Waals surface area contributed by atoms with E-state index in [0.29, 0.717) is 46.4 Å². The molecule has 1 aliphatic heterocycles. The molecule has 0 radical (unpaired) electrons. The number of Topliss-reactive ketones (excluding diaryl/α,β-unsaturated/α-hetero) is 1. The summed E-state index contributed by atoms with van der Waals surface area (Å²) >= 11 is 2.59. The van der Waals surface area contributed by atoms with Crippen molar-refractivity contribution in [1.82, 2.24) is 15.5 Å². The van der Waals surface area contributed by atoms with E-state index in [0.717, 1.165) is 24.1 Å². The van der Waals surface area contributed by atoms with Crippen LogP contribution in [0.25, 0.3) is 0 Å². The molecule has 5 rings (SSSR count). The first-order chi connectivity index (χ1) is 19.5. The Morgan fingerprint density at radius 3 is 2.65 bits per heavy atom. The molecule has 0 spiro atoms. The molecule has 40 heavy (non-hydrogen) atoms. The van der Waals surface area contributed by atoms with Crippen LogP contribution in [0.5, 0.6) is 0 Å². The maximum absolute atomic E-state index is 13.3. The van der Waals surface area contributed by atoms with Gasteiger partial charge < -0.3 is 11.1 Å². The molecule has 10 heteroatoms. The zero-order valence-electron chi connectivity index (χ0n) is 22.2. The molecule has 8 nitrogen and oxygen atoms in total. The number of anilines is 1.